The van der Waals surface area contributed by atoms with Gasteiger partial charge in [-0.05, 0) is 19.4 Å². The zero-order valence-corrected chi connectivity index (χ0v) is 11.3. The molecule has 0 saturated carbocycles. The first-order valence-corrected chi connectivity index (χ1v) is 5.93. The predicted octanol–water partition coefficient (Wildman–Crippen LogP) is 3.23. The Bertz CT molecular complexity index is 214. The van der Waals surface area contributed by atoms with Crippen molar-refractivity contribution in [1.82, 2.24) is 5.32 Å². The minimum absolute atomic E-state index is 0.0960. The highest BCUT2D eigenvalue weighted by Gasteiger charge is 2.37. The summed E-state index contributed by atoms with van der Waals surface area (Å²) in [5.74, 6) is 0.529. The smallest absolute Gasteiger partial charge is 0.368 e. The fraction of sp³-hybridized carbons (Fsp3) is 1.00. The zero-order valence-electron chi connectivity index (χ0n) is 11.3. The highest BCUT2D eigenvalue weighted by Crippen LogP contribution is 2.24. The van der Waals surface area contributed by atoms with Gasteiger partial charge in [0.05, 0.1) is 6.61 Å². The largest absolute Gasteiger partial charge is 0.414 e. The van der Waals surface area contributed by atoms with Crippen LogP contribution in [-0.4, -0.2) is 32.0 Å². The molecule has 0 fully saturated rings. The molecule has 0 aromatic rings. The van der Waals surface area contributed by atoms with Crippen molar-refractivity contribution in [3.8, 4) is 0 Å². The van der Waals surface area contributed by atoms with E-state index in [2.05, 4.69) is 19.2 Å². The van der Waals surface area contributed by atoms with Crippen LogP contribution in [0.2, 0.25) is 0 Å². The number of rotatable bonds is 7. The molecule has 104 valence electrons. The summed E-state index contributed by atoms with van der Waals surface area (Å²) in [7, 11) is 0. The van der Waals surface area contributed by atoms with Crippen molar-refractivity contribution >= 4 is 0 Å². The van der Waals surface area contributed by atoms with Gasteiger partial charge in [-0.2, -0.15) is 13.2 Å². The van der Waals surface area contributed by atoms with Crippen molar-refractivity contribution in [3.63, 3.8) is 0 Å². The van der Waals surface area contributed by atoms with Crippen LogP contribution in [-0.2, 0) is 4.74 Å². The molecule has 1 atom stereocenters. The average molecular weight is 255 g/mol. The molecule has 5 heteroatoms. The van der Waals surface area contributed by atoms with Gasteiger partial charge in [0, 0.05) is 12.0 Å². The van der Waals surface area contributed by atoms with E-state index in [0.29, 0.717) is 12.5 Å². The number of nitrogens with one attached hydrogen (secondary N) is 1. The fourth-order valence-corrected chi connectivity index (χ4v) is 1.20. The van der Waals surface area contributed by atoms with Crippen LogP contribution in [0, 0.1) is 11.3 Å². The molecule has 0 spiro atoms. The quantitative estimate of drug-likeness (QED) is 0.754. The van der Waals surface area contributed by atoms with Crippen molar-refractivity contribution in [2.45, 2.75) is 46.9 Å². The van der Waals surface area contributed by atoms with E-state index < -0.39 is 12.3 Å². The Morgan fingerprint density at radius 3 is 2.06 bits per heavy atom. The molecule has 0 bridgehead atoms. The Labute approximate surface area is 102 Å². The monoisotopic (exact) mass is 255 g/mol. The van der Waals surface area contributed by atoms with E-state index in [0.717, 1.165) is 13.5 Å². The van der Waals surface area contributed by atoms with E-state index in [1.807, 2.05) is 13.8 Å². The second kappa shape index (κ2) is 6.59. The lowest BCUT2D eigenvalue weighted by atomic mass is 9.94. The van der Waals surface area contributed by atoms with Crippen molar-refractivity contribution < 1.29 is 17.9 Å². The predicted molar refractivity (Wildman–Crippen MR) is 63.0 cm³/mol. The molecule has 0 saturated heterocycles. The van der Waals surface area contributed by atoms with Gasteiger partial charge in [-0.3, -0.25) is 0 Å². The summed E-state index contributed by atoms with van der Waals surface area (Å²) in [5, 5.41) is 3.23. The topological polar surface area (TPSA) is 21.3 Å². The lowest BCUT2D eigenvalue weighted by Crippen LogP contribution is -2.38. The summed E-state index contributed by atoms with van der Waals surface area (Å²) in [6, 6.07) is 0. The van der Waals surface area contributed by atoms with Crippen LogP contribution in [0.1, 0.15) is 34.6 Å². The molecular weight excluding hydrogens is 231 g/mol. The zero-order chi connectivity index (χ0) is 13.7. The summed E-state index contributed by atoms with van der Waals surface area (Å²) >= 11 is 0. The molecule has 0 radical (unpaired) electrons. The molecule has 0 aliphatic heterocycles. The summed E-state index contributed by atoms with van der Waals surface area (Å²) in [6.07, 6.45) is -5.98. The van der Waals surface area contributed by atoms with E-state index in [4.69, 9.17) is 4.74 Å². The minimum Gasteiger partial charge on any atom is -0.368 e. The van der Waals surface area contributed by atoms with Gasteiger partial charge in [0.1, 0.15) is 0 Å². The average Bonchev–Trinajstić information content (AvgIpc) is 2.11. The third-order valence-corrected chi connectivity index (χ3v) is 2.34. The number of hydrogen-bond donors (Lipinski definition) is 1. The normalized spacial score (nSPS) is 15.4. The summed E-state index contributed by atoms with van der Waals surface area (Å²) in [5.41, 5.74) is -0.297. The van der Waals surface area contributed by atoms with Gasteiger partial charge >= 0.3 is 6.18 Å². The number of halogens is 3. The molecule has 1 N–H and O–H groups in total. The highest BCUT2D eigenvalue weighted by atomic mass is 19.4. The highest BCUT2D eigenvalue weighted by molar-refractivity contribution is 4.73. The Hall–Kier alpha value is -0.290. The van der Waals surface area contributed by atoms with Gasteiger partial charge in [-0.25, -0.2) is 0 Å². The second-order valence-electron chi connectivity index (χ2n) is 5.68. The van der Waals surface area contributed by atoms with Gasteiger partial charge in [-0.15, -0.1) is 0 Å². The van der Waals surface area contributed by atoms with Crippen LogP contribution in [0.4, 0.5) is 13.2 Å². The molecule has 0 aromatic carbocycles. The van der Waals surface area contributed by atoms with Crippen molar-refractivity contribution in [2.24, 2.45) is 11.3 Å². The molecule has 0 aliphatic rings. The molecular formula is C12H24F3NO. The van der Waals surface area contributed by atoms with Crippen LogP contribution in [0.5, 0.6) is 0 Å². The molecule has 0 aromatic heterocycles. The SMILES string of the molecule is CC(C)CNCC(C)(C)COC(C)C(F)(F)F. The molecule has 17 heavy (non-hydrogen) atoms. The second-order valence-corrected chi connectivity index (χ2v) is 5.68. The molecule has 0 rings (SSSR count). The van der Waals surface area contributed by atoms with Crippen molar-refractivity contribution in [3.05, 3.63) is 0 Å². The van der Waals surface area contributed by atoms with Crippen molar-refractivity contribution in [2.75, 3.05) is 19.7 Å². The Morgan fingerprint density at radius 1 is 1.12 bits per heavy atom. The third-order valence-electron chi connectivity index (χ3n) is 2.34. The van der Waals surface area contributed by atoms with Crippen LogP contribution >= 0.6 is 0 Å². The maximum absolute atomic E-state index is 12.2. The van der Waals surface area contributed by atoms with E-state index in [-0.39, 0.29) is 12.0 Å². The molecule has 0 heterocycles. The summed E-state index contributed by atoms with van der Waals surface area (Å²) in [4.78, 5) is 0. The van der Waals surface area contributed by atoms with E-state index in [1.165, 1.54) is 0 Å². The Morgan fingerprint density at radius 2 is 1.65 bits per heavy atom. The minimum atomic E-state index is -4.28. The van der Waals surface area contributed by atoms with Crippen LogP contribution in [0.15, 0.2) is 0 Å². The van der Waals surface area contributed by atoms with E-state index >= 15 is 0 Å². The maximum Gasteiger partial charge on any atom is 0.414 e. The lowest BCUT2D eigenvalue weighted by molar-refractivity contribution is -0.219. The number of alkyl halides is 3. The van der Waals surface area contributed by atoms with Crippen molar-refractivity contribution in [1.29, 1.82) is 0 Å². The van der Waals surface area contributed by atoms with Crippen LogP contribution in [0.3, 0.4) is 0 Å². The lowest BCUT2D eigenvalue weighted by Gasteiger charge is -2.28. The van der Waals surface area contributed by atoms with E-state index in [1.54, 1.807) is 0 Å². The molecule has 1 unspecified atom stereocenters. The van der Waals surface area contributed by atoms with Gasteiger partial charge in [-0.1, -0.05) is 27.7 Å². The maximum atomic E-state index is 12.2. The standard InChI is InChI=1S/C12H24F3NO/c1-9(2)6-16-7-11(4,5)8-17-10(3)12(13,14)15/h9-10,16H,6-8H2,1-5H3. The summed E-state index contributed by atoms with van der Waals surface area (Å²) in [6.45, 7) is 10.6. The Kier molecular flexibility index (Phi) is 6.48. The van der Waals surface area contributed by atoms with Gasteiger partial charge < -0.3 is 10.1 Å². The first-order chi connectivity index (χ1) is 7.54. The molecule has 2 nitrogen and oxygen atoms in total. The molecule has 0 amide bonds. The first-order valence-electron chi connectivity index (χ1n) is 5.93. The third kappa shape index (κ3) is 8.44. The number of hydrogen-bond acceptors (Lipinski definition) is 2. The summed E-state index contributed by atoms with van der Waals surface area (Å²) < 4.78 is 41.6. The number of ether oxygens (including phenoxy) is 1. The van der Waals surface area contributed by atoms with Gasteiger partial charge in [0.2, 0.25) is 0 Å². The van der Waals surface area contributed by atoms with Crippen LogP contribution in [0.25, 0.3) is 0 Å². The van der Waals surface area contributed by atoms with Gasteiger partial charge in [0.15, 0.2) is 6.10 Å². The molecule has 0 aliphatic carbocycles. The fourth-order valence-electron chi connectivity index (χ4n) is 1.20. The van der Waals surface area contributed by atoms with E-state index in [9.17, 15) is 13.2 Å². The van der Waals surface area contributed by atoms with Gasteiger partial charge in [0.25, 0.3) is 0 Å². The first kappa shape index (κ1) is 16.7. The van der Waals surface area contributed by atoms with Crippen LogP contribution < -0.4 is 5.32 Å². The Balaban J connectivity index is 3.93.